The molecule has 0 aliphatic carbocycles. The molecule has 1 aromatic carbocycles. The summed E-state index contributed by atoms with van der Waals surface area (Å²) in [6.07, 6.45) is 1.13. The van der Waals surface area contributed by atoms with E-state index in [1.807, 2.05) is 17.8 Å². The summed E-state index contributed by atoms with van der Waals surface area (Å²) in [5.74, 6) is 0.683. The van der Waals surface area contributed by atoms with Gasteiger partial charge in [0.1, 0.15) is 0 Å². The molecule has 1 heterocycles. The number of nitrogens with two attached hydrogens (primary N) is 2. The molecule has 1 atom stereocenters. The van der Waals surface area contributed by atoms with Crippen molar-refractivity contribution in [3.05, 3.63) is 23.8 Å². The van der Waals surface area contributed by atoms with Crippen LogP contribution in [0.1, 0.15) is 23.7 Å². The van der Waals surface area contributed by atoms with Crippen LogP contribution in [0.4, 0.5) is 11.4 Å². The number of rotatable bonds is 3. The number of carbonyl (C=O) groups excluding carboxylic acids is 1. The van der Waals surface area contributed by atoms with Crippen LogP contribution in [0, 0.1) is 0 Å². The topological polar surface area (TPSA) is 72.3 Å². The van der Waals surface area contributed by atoms with Crippen molar-refractivity contribution in [1.82, 2.24) is 0 Å². The van der Waals surface area contributed by atoms with Crippen molar-refractivity contribution in [3.63, 3.8) is 0 Å². The molecule has 0 spiro atoms. The lowest BCUT2D eigenvalue weighted by atomic mass is 10.1. The normalized spacial score (nSPS) is 19.8. The van der Waals surface area contributed by atoms with Gasteiger partial charge in [-0.15, -0.1) is 0 Å². The average Bonchev–Trinajstić information content (AvgIpc) is 2.38. The summed E-state index contributed by atoms with van der Waals surface area (Å²) in [5, 5.41) is 0.612. The lowest BCUT2D eigenvalue weighted by Gasteiger charge is -2.34. The number of benzene rings is 1. The van der Waals surface area contributed by atoms with E-state index in [9.17, 15) is 4.79 Å². The molecule has 1 unspecified atom stereocenters. The molecule has 0 radical (unpaired) electrons. The molecule has 1 fully saturated rings. The zero-order chi connectivity index (χ0) is 13.1. The highest BCUT2D eigenvalue weighted by molar-refractivity contribution is 8.00. The Hall–Kier alpha value is -1.36. The number of primary amides is 1. The van der Waals surface area contributed by atoms with Crippen molar-refractivity contribution >= 4 is 29.0 Å². The number of amides is 1. The standard InChI is InChI=1S/C13H19N3OS/c1-2-10-8-16(5-6-18-10)12-7-9(14)3-4-11(12)13(15)17/h3-4,7,10H,2,5-6,8,14H2,1H3,(H2,15,17). The largest absolute Gasteiger partial charge is 0.399 e. The summed E-state index contributed by atoms with van der Waals surface area (Å²) in [4.78, 5) is 13.7. The minimum Gasteiger partial charge on any atom is -0.399 e. The smallest absolute Gasteiger partial charge is 0.250 e. The Labute approximate surface area is 112 Å². The Kier molecular flexibility index (Phi) is 4.01. The maximum atomic E-state index is 11.5. The van der Waals surface area contributed by atoms with Crippen molar-refractivity contribution in [3.8, 4) is 0 Å². The summed E-state index contributed by atoms with van der Waals surface area (Å²) >= 11 is 1.99. The average molecular weight is 265 g/mol. The third kappa shape index (κ3) is 2.72. The molecule has 18 heavy (non-hydrogen) atoms. The first-order chi connectivity index (χ1) is 8.61. The van der Waals surface area contributed by atoms with Crippen molar-refractivity contribution in [1.29, 1.82) is 0 Å². The van der Waals surface area contributed by atoms with Gasteiger partial charge in [-0.2, -0.15) is 11.8 Å². The van der Waals surface area contributed by atoms with Crippen LogP contribution in [0.25, 0.3) is 0 Å². The van der Waals surface area contributed by atoms with E-state index < -0.39 is 5.91 Å². The van der Waals surface area contributed by atoms with Gasteiger partial charge in [-0.25, -0.2) is 0 Å². The van der Waals surface area contributed by atoms with Gasteiger partial charge in [-0.1, -0.05) is 6.92 Å². The van der Waals surface area contributed by atoms with Crippen LogP contribution >= 0.6 is 11.8 Å². The quantitative estimate of drug-likeness (QED) is 0.816. The molecule has 0 saturated carbocycles. The van der Waals surface area contributed by atoms with Gasteiger partial charge in [0.25, 0.3) is 5.91 Å². The summed E-state index contributed by atoms with van der Waals surface area (Å²) in [5.41, 5.74) is 13.3. The molecule has 2 rings (SSSR count). The molecule has 98 valence electrons. The molecule has 4 N–H and O–H groups in total. The Morgan fingerprint density at radius 2 is 2.33 bits per heavy atom. The summed E-state index contributed by atoms with van der Waals surface area (Å²) < 4.78 is 0. The summed E-state index contributed by atoms with van der Waals surface area (Å²) in [6, 6.07) is 5.29. The van der Waals surface area contributed by atoms with Gasteiger partial charge in [-0.3, -0.25) is 4.79 Å². The van der Waals surface area contributed by atoms with E-state index in [0.29, 0.717) is 16.5 Å². The highest BCUT2D eigenvalue weighted by atomic mass is 32.2. The fourth-order valence-corrected chi connectivity index (χ4v) is 3.38. The molecular weight excluding hydrogens is 246 g/mol. The first-order valence-corrected chi connectivity index (χ1v) is 7.22. The van der Waals surface area contributed by atoms with E-state index in [1.165, 1.54) is 0 Å². The molecule has 5 heteroatoms. The molecule has 1 aliphatic rings. The minimum absolute atomic E-state index is 0.392. The van der Waals surface area contributed by atoms with Gasteiger partial charge >= 0.3 is 0 Å². The lowest BCUT2D eigenvalue weighted by Crippen LogP contribution is -2.38. The molecule has 1 saturated heterocycles. The number of thioether (sulfide) groups is 1. The molecular formula is C13H19N3OS. The van der Waals surface area contributed by atoms with E-state index in [0.717, 1.165) is 31.0 Å². The van der Waals surface area contributed by atoms with Crippen LogP contribution in [0.5, 0.6) is 0 Å². The van der Waals surface area contributed by atoms with Crippen LogP contribution in [-0.4, -0.2) is 30.0 Å². The molecule has 0 aromatic heterocycles. The third-order valence-electron chi connectivity index (χ3n) is 3.22. The van der Waals surface area contributed by atoms with Gasteiger partial charge in [0.15, 0.2) is 0 Å². The zero-order valence-electron chi connectivity index (χ0n) is 10.6. The summed E-state index contributed by atoms with van der Waals surface area (Å²) in [6.45, 7) is 4.07. The monoisotopic (exact) mass is 265 g/mol. The zero-order valence-corrected chi connectivity index (χ0v) is 11.4. The van der Waals surface area contributed by atoms with E-state index in [1.54, 1.807) is 12.1 Å². The molecule has 1 aliphatic heterocycles. The maximum absolute atomic E-state index is 11.5. The van der Waals surface area contributed by atoms with Crippen molar-refractivity contribution in [2.75, 3.05) is 29.5 Å². The second-order valence-electron chi connectivity index (χ2n) is 4.49. The Morgan fingerprint density at radius 3 is 3.00 bits per heavy atom. The SMILES string of the molecule is CCC1CN(c2cc(N)ccc2C(N)=O)CCS1. The van der Waals surface area contributed by atoms with E-state index in [-0.39, 0.29) is 0 Å². The highest BCUT2D eigenvalue weighted by Gasteiger charge is 2.22. The van der Waals surface area contributed by atoms with Gasteiger partial charge in [-0.05, 0) is 24.6 Å². The second-order valence-corrected chi connectivity index (χ2v) is 5.90. The molecule has 1 aromatic rings. The fraction of sp³-hybridized carbons (Fsp3) is 0.462. The van der Waals surface area contributed by atoms with Crippen LogP contribution in [0.2, 0.25) is 0 Å². The lowest BCUT2D eigenvalue weighted by molar-refractivity contribution is 0.100. The van der Waals surface area contributed by atoms with Crippen LogP contribution < -0.4 is 16.4 Å². The summed E-state index contributed by atoms with van der Waals surface area (Å²) in [7, 11) is 0. The predicted octanol–water partition coefficient (Wildman–Crippen LogP) is 1.70. The molecule has 1 amide bonds. The van der Waals surface area contributed by atoms with Crippen molar-refractivity contribution in [2.24, 2.45) is 5.73 Å². The van der Waals surface area contributed by atoms with Crippen LogP contribution in [0.3, 0.4) is 0 Å². The first-order valence-electron chi connectivity index (χ1n) is 6.17. The van der Waals surface area contributed by atoms with Gasteiger partial charge in [0, 0.05) is 29.8 Å². The fourth-order valence-electron chi connectivity index (χ4n) is 2.20. The second kappa shape index (κ2) is 5.52. The first kappa shape index (κ1) is 13.1. The number of carbonyl (C=O) groups is 1. The number of nitrogen functional groups attached to an aromatic ring is 1. The number of nitrogens with zero attached hydrogens (tertiary/aromatic N) is 1. The van der Waals surface area contributed by atoms with Gasteiger partial charge < -0.3 is 16.4 Å². The van der Waals surface area contributed by atoms with E-state index in [4.69, 9.17) is 11.5 Å². The van der Waals surface area contributed by atoms with Crippen LogP contribution in [0.15, 0.2) is 18.2 Å². The maximum Gasteiger partial charge on any atom is 0.250 e. The molecule has 4 nitrogen and oxygen atoms in total. The van der Waals surface area contributed by atoms with Crippen LogP contribution in [-0.2, 0) is 0 Å². The Bertz CT molecular complexity index is 450. The van der Waals surface area contributed by atoms with E-state index in [2.05, 4.69) is 11.8 Å². The Morgan fingerprint density at radius 1 is 1.56 bits per heavy atom. The van der Waals surface area contributed by atoms with Gasteiger partial charge in [0.05, 0.1) is 11.3 Å². The predicted molar refractivity (Wildman–Crippen MR) is 78.1 cm³/mol. The van der Waals surface area contributed by atoms with Crippen molar-refractivity contribution < 1.29 is 4.79 Å². The van der Waals surface area contributed by atoms with E-state index >= 15 is 0 Å². The number of hydrogen-bond donors (Lipinski definition) is 2. The number of hydrogen-bond acceptors (Lipinski definition) is 4. The third-order valence-corrected chi connectivity index (χ3v) is 4.59. The Balaban J connectivity index is 2.31. The minimum atomic E-state index is -0.392. The van der Waals surface area contributed by atoms with Gasteiger partial charge in [0.2, 0.25) is 0 Å². The molecule has 0 bridgehead atoms. The number of anilines is 2. The van der Waals surface area contributed by atoms with Crippen molar-refractivity contribution in [2.45, 2.75) is 18.6 Å². The highest BCUT2D eigenvalue weighted by Crippen LogP contribution is 2.29.